The fourth-order valence-electron chi connectivity index (χ4n) is 1.47. The number of alkyl halides is 3. The van der Waals surface area contributed by atoms with Crippen LogP contribution in [0.1, 0.15) is 5.56 Å². The Morgan fingerprint density at radius 2 is 2.18 bits per heavy atom. The number of nitrogens with one attached hydrogen (secondary N) is 1. The Labute approximate surface area is 94.7 Å². The van der Waals surface area contributed by atoms with Gasteiger partial charge in [0.2, 0.25) is 0 Å². The van der Waals surface area contributed by atoms with E-state index >= 15 is 0 Å². The molecule has 0 saturated heterocycles. The Morgan fingerprint density at radius 3 is 2.82 bits per heavy atom. The largest absolute Gasteiger partial charge is 0.416 e. The molecule has 2 rings (SSSR count). The molecule has 0 bridgehead atoms. The van der Waals surface area contributed by atoms with Gasteiger partial charge in [-0.3, -0.25) is 15.2 Å². The van der Waals surface area contributed by atoms with Crippen LogP contribution in [0.25, 0.3) is 0 Å². The Hall–Kier alpha value is -2.05. The third-order valence-corrected chi connectivity index (χ3v) is 2.26. The van der Waals surface area contributed by atoms with Crippen molar-refractivity contribution in [1.29, 1.82) is 0 Å². The predicted octanol–water partition coefficient (Wildman–Crippen LogP) is 1.58. The SMILES string of the molecule is O=CC1N=CNN1c1cccc(C(F)(F)F)c1. The quantitative estimate of drug-likeness (QED) is 0.802. The highest BCUT2D eigenvalue weighted by Crippen LogP contribution is 2.31. The van der Waals surface area contributed by atoms with Crippen molar-refractivity contribution < 1.29 is 18.0 Å². The summed E-state index contributed by atoms with van der Waals surface area (Å²) in [6, 6.07) is 4.67. The Balaban J connectivity index is 2.31. The van der Waals surface area contributed by atoms with Gasteiger partial charge in [0.15, 0.2) is 12.5 Å². The van der Waals surface area contributed by atoms with Crippen molar-refractivity contribution in [3.8, 4) is 0 Å². The van der Waals surface area contributed by atoms with Crippen LogP contribution < -0.4 is 10.4 Å². The normalized spacial score (nSPS) is 19.2. The lowest BCUT2D eigenvalue weighted by molar-refractivity contribution is -0.137. The summed E-state index contributed by atoms with van der Waals surface area (Å²) >= 11 is 0. The third-order valence-electron chi connectivity index (χ3n) is 2.26. The standard InChI is InChI=1S/C10H8F3N3O/c11-10(12,13)7-2-1-3-8(4-7)16-9(5-17)14-6-15-16/h1-6,9H,(H,14,15). The molecule has 1 aliphatic rings. The topological polar surface area (TPSA) is 44.7 Å². The summed E-state index contributed by atoms with van der Waals surface area (Å²) < 4.78 is 37.5. The molecule has 0 fully saturated rings. The minimum atomic E-state index is -4.41. The molecule has 1 heterocycles. The van der Waals surface area contributed by atoms with Gasteiger partial charge < -0.3 is 0 Å². The molecule has 0 spiro atoms. The minimum absolute atomic E-state index is 0.231. The first-order valence-electron chi connectivity index (χ1n) is 4.72. The van der Waals surface area contributed by atoms with Crippen LogP contribution in [-0.4, -0.2) is 18.8 Å². The van der Waals surface area contributed by atoms with E-state index in [0.717, 1.165) is 12.1 Å². The van der Waals surface area contributed by atoms with E-state index in [1.165, 1.54) is 23.5 Å². The van der Waals surface area contributed by atoms with E-state index in [1.54, 1.807) is 0 Å². The van der Waals surface area contributed by atoms with E-state index in [0.29, 0.717) is 6.29 Å². The van der Waals surface area contributed by atoms with Gasteiger partial charge in [0.1, 0.15) is 6.34 Å². The number of halogens is 3. The Kier molecular flexibility index (Phi) is 2.74. The average molecular weight is 243 g/mol. The van der Waals surface area contributed by atoms with E-state index in [2.05, 4.69) is 10.4 Å². The van der Waals surface area contributed by atoms with Crippen molar-refractivity contribution in [2.75, 3.05) is 5.01 Å². The second-order valence-electron chi connectivity index (χ2n) is 3.38. The second kappa shape index (κ2) is 4.08. The fraction of sp³-hybridized carbons (Fsp3) is 0.200. The van der Waals surface area contributed by atoms with Crippen molar-refractivity contribution >= 4 is 18.3 Å². The highest BCUT2D eigenvalue weighted by Gasteiger charge is 2.31. The molecule has 17 heavy (non-hydrogen) atoms. The number of carbonyl (C=O) groups excluding carboxylic acids is 1. The van der Waals surface area contributed by atoms with Gasteiger partial charge in [-0.2, -0.15) is 13.2 Å². The van der Waals surface area contributed by atoms with Crippen LogP contribution in [-0.2, 0) is 11.0 Å². The zero-order chi connectivity index (χ0) is 12.5. The first kappa shape index (κ1) is 11.4. The van der Waals surface area contributed by atoms with Crippen LogP contribution in [0.3, 0.4) is 0 Å². The number of aliphatic imine (C=N–C) groups is 1. The van der Waals surface area contributed by atoms with Crippen LogP contribution in [0, 0.1) is 0 Å². The maximum Gasteiger partial charge on any atom is 0.416 e. The van der Waals surface area contributed by atoms with Crippen LogP contribution in [0.5, 0.6) is 0 Å². The first-order chi connectivity index (χ1) is 8.02. The summed E-state index contributed by atoms with van der Waals surface area (Å²) in [5.41, 5.74) is 2.06. The van der Waals surface area contributed by atoms with Crippen molar-refractivity contribution in [1.82, 2.24) is 5.43 Å². The first-order valence-corrected chi connectivity index (χ1v) is 4.72. The molecule has 0 amide bonds. The fourth-order valence-corrected chi connectivity index (χ4v) is 1.47. The lowest BCUT2D eigenvalue weighted by Gasteiger charge is -2.22. The summed E-state index contributed by atoms with van der Waals surface area (Å²) in [6.07, 6.45) is -3.44. The molecule has 4 nitrogen and oxygen atoms in total. The molecule has 0 aliphatic carbocycles. The maximum atomic E-state index is 12.5. The van der Waals surface area contributed by atoms with Crippen molar-refractivity contribution in [2.24, 2.45) is 4.99 Å². The van der Waals surface area contributed by atoms with Crippen molar-refractivity contribution in [3.63, 3.8) is 0 Å². The van der Waals surface area contributed by atoms with Crippen LogP contribution in [0.4, 0.5) is 18.9 Å². The summed E-state index contributed by atoms with van der Waals surface area (Å²) in [6.45, 7) is 0. The summed E-state index contributed by atoms with van der Waals surface area (Å²) in [4.78, 5) is 14.4. The number of nitrogens with zero attached hydrogens (tertiary/aromatic N) is 2. The monoisotopic (exact) mass is 243 g/mol. The van der Waals surface area contributed by atoms with Gasteiger partial charge in [0.05, 0.1) is 11.3 Å². The number of benzene rings is 1. The molecule has 1 aromatic rings. The summed E-state index contributed by atoms with van der Waals surface area (Å²) in [5.74, 6) is 0. The Bertz CT molecular complexity index is 458. The molecule has 0 saturated carbocycles. The number of aldehydes is 1. The molecule has 1 aliphatic heterocycles. The van der Waals surface area contributed by atoms with Crippen LogP contribution in [0.2, 0.25) is 0 Å². The number of hydrogen-bond acceptors (Lipinski definition) is 4. The Morgan fingerprint density at radius 1 is 1.41 bits per heavy atom. The smallest absolute Gasteiger partial charge is 0.299 e. The van der Waals surface area contributed by atoms with E-state index < -0.39 is 17.9 Å². The number of rotatable bonds is 2. The molecule has 1 N–H and O–H groups in total. The average Bonchev–Trinajstić information content (AvgIpc) is 2.76. The predicted molar refractivity (Wildman–Crippen MR) is 55.4 cm³/mol. The highest BCUT2D eigenvalue weighted by atomic mass is 19.4. The van der Waals surface area contributed by atoms with Crippen LogP contribution in [0.15, 0.2) is 29.3 Å². The van der Waals surface area contributed by atoms with Gasteiger partial charge in [-0.05, 0) is 18.2 Å². The van der Waals surface area contributed by atoms with Gasteiger partial charge in [0, 0.05) is 0 Å². The molecule has 90 valence electrons. The molecule has 1 aromatic carbocycles. The number of hydrazine groups is 1. The van der Waals surface area contributed by atoms with E-state index in [-0.39, 0.29) is 5.69 Å². The van der Waals surface area contributed by atoms with E-state index in [1.807, 2.05) is 0 Å². The lowest BCUT2D eigenvalue weighted by atomic mass is 10.2. The number of hydrogen-bond donors (Lipinski definition) is 1. The molecular formula is C10H8F3N3O. The summed E-state index contributed by atoms with van der Waals surface area (Å²) in [7, 11) is 0. The molecular weight excluding hydrogens is 235 g/mol. The molecule has 0 aromatic heterocycles. The third kappa shape index (κ3) is 2.22. The zero-order valence-corrected chi connectivity index (χ0v) is 8.48. The highest BCUT2D eigenvalue weighted by molar-refractivity contribution is 5.75. The second-order valence-corrected chi connectivity index (χ2v) is 3.38. The van der Waals surface area contributed by atoms with Crippen molar-refractivity contribution in [3.05, 3.63) is 29.8 Å². The zero-order valence-electron chi connectivity index (χ0n) is 8.48. The minimum Gasteiger partial charge on any atom is -0.299 e. The van der Waals surface area contributed by atoms with Gasteiger partial charge in [-0.15, -0.1) is 0 Å². The van der Waals surface area contributed by atoms with Gasteiger partial charge in [-0.1, -0.05) is 6.07 Å². The van der Waals surface area contributed by atoms with Crippen LogP contribution >= 0.6 is 0 Å². The molecule has 7 heteroatoms. The number of anilines is 1. The van der Waals surface area contributed by atoms with Gasteiger partial charge >= 0.3 is 6.18 Å². The van der Waals surface area contributed by atoms with E-state index in [9.17, 15) is 18.0 Å². The maximum absolute atomic E-state index is 12.5. The molecule has 0 radical (unpaired) electrons. The van der Waals surface area contributed by atoms with Gasteiger partial charge in [-0.25, -0.2) is 4.99 Å². The lowest BCUT2D eigenvalue weighted by Crippen LogP contribution is -2.39. The van der Waals surface area contributed by atoms with Crippen molar-refractivity contribution in [2.45, 2.75) is 12.3 Å². The van der Waals surface area contributed by atoms with E-state index in [4.69, 9.17) is 0 Å². The summed E-state index contributed by atoms with van der Waals surface area (Å²) in [5, 5.41) is 1.25. The number of carbonyl (C=O) groups is 1. The molecule has 1 unspecified atom stereocenters. The molecule has 1 atom stereocenters. The van der Waals surface area contributed by atoms with Gasteiger partial charge in [0.25, 0.3) is 0 Å².